The number of aromatic nitrogens is 3. The van der Waals surface area contributed by atoms with Gasteiger partial charge in [-0.25, -0.2) is 0 Å². The number of nitrogens with zero attached hydrogens (tertiary/aromatic N) is 5. The monoisotopic (exact) mass is 917 g/mol. The Hall–Kier alpha value is -8.28. The SMILES string of the molecule is N#Cc1c(-n2c3c(c4ccccc42)C=C2CC(=C3)Sc3ccccc32)cc(-n2c3ccccc3c3cc4c(cc32)sc2ccccc24)c(C#N)c1-n1c2ccccc2c2cc(C(F)(F)F)ccc21. The van der Waals surface area contributed by atoms with Crippen molar-refractivity contribution in [2.24, 2.45) is 0 Å². The largest absolute Gasteiger partial charge is 0.416 e. The fourth-order valence-corrected chi connectivity index (χ4v) is 13.2. The van der Waals surface area contributed by atoms with Crippen LogP contribution in [0.15, 0.2) is 168 Å². The van der Waals surface area contributed by atoms with E-state index in [-0.39, 0.29) is 16.8 Å². The minimum absolute atomic E-state index is 0.205. The topological polar surface area (TPSA) is 62.4 Å². The van der Waals surface area contributed by atoms with Gasteiger partial charge in [-0.3, -0.25) is 0 Å². The molecule has 5 heterocycles. The highest BCUT2D eigenvalue weighted by Gasteiger charge is 2.34. The third-order valence-electron chi connectivity index (χ3n) is 13.8. The van der Waals surface area contributed by atoms with Gasteiger partial charge in [-0.15, -0.1) is 11.3 Å². The summed E-state index contributed by atoms with van der Waals surface area (Å²) in [6.07, 6.45) is 0.665. The van der Waals surface area contributed by atoms with E-state index in [1.165, 1.54) is 38.3 Å². The predicted octanol–water partition coefficient (Wildman–Crippen LogP) is 16.3. The maximum absolute atomic E-state index is 14.5. The van der Waals surface area contributed by atoms with Crippen LogP contribution in [-0.4, -0.2) is 13.7 Å². The Bertz CT molecular complexity index is 4410. The van der Waals surface area contributed by atoms with Gasteiger partial charge in [0.05, 0.1) is 55.9 Å². The first-order chi connectivity index (χ1) is 33.3. The Balaban J connectivity index is 1.17. The molecule has 320 valence electrons. The smallest absolute Gasteiger partial charge is 0.308 e. The molecular formula is C58H30F3N5S2. The summed E-state index contributed by atoms with van der Waals surface area (Å²) in [7, 11) is 0. The fourth-order valence-electron chi connectivity index (χ4n) is 10.9. The van der Waals surface area contributed by atoms with Crippen molar-refractivity contribution in [1.82, 2.24) is 13.7 Å². The molecule has 0 spiro atoms. The average Bonchev–Trinajstić information content (AvgIpc) is 4.05. The maximum Gasteiger partial charge on any atom is 0.416 e. The van der Waals surface area contributed by atoms with Crippen LogP contribution in [0.4, 0.5) is 13.2 Å². The van der Waals surface area contributed by atoms with E-state index in [0.29, 0.717) is 33.2 Å². The summed E-state index contributed by atoms with van der Waals surface area (Å²) in [6, 6.07) is 55.8. The second kappa shape index (κ2) is 14.1. The van der Waals surface area contributed by atoms with E-state index in [1.807, 2.05) is 53.1 Å². The van der Waals surface area contributed by atoms with E-state index in [4.69, 9.17) is 0 Å². The molecule has 1 aliphatic heterocycles. The summed E-state index contributed by atoms with van der Waals surface area (Å²) in [5.74, 6) is 0. The zero-order valence-electron chi connectivity index (χ0n) is 35.6. The number of thiophene rings is 1. The zero-order chi connectivity index (χ0) is 45.6. The Kier molecular flexibility index (Phi) is 8.08. The maximum atomic E-state index is 14.5. The molecule has 0 saturated heterocycles. The number of halogens is 3. The minimum Gasteiger partial charge on any atom is -0.308 e. The number of hydrogen-bond donors (Lipinski definition) is 0. The molecule has 0 amide bonds. The lowest BCUT2D eigenvalue weighted by molar-refractivity contribution is -0.137. The Labute approximate surface area is 393 Å². The lowest BCUT2D eigenvalue weighted by atomic mass is 10.00. The minimum atomic E-state index is -4.59. The summed E-state index contributed by atoms with van der Waals surface area (Å²) in [5, 5.41) is 29.8. The molecule has 0 radical (unpaired) electrons. The van der Waals surface area contributed by atoms with Gasteiger partial charge in [0.1, 0.15) is 23.3 Å². The molecule has 0 unspecified atom stereocenters. The Morgan fingerprint density at radius 3 is 1.84 bits per heavy atom. The molecular weight excluding hydrogens is 888 g/mol. The molecule has 12 aromatic rings. The van der Waals surface area contributed by atoms with Gasteiger partial charge >= 0.3 is 6.18 Å². The van der Waals surface area contributed by atoms with Crippen LogP contribution in [0.2, 0.25) is 0 Å². The van der Waals surface area contributed by atoms with E-state index in [9.17, 15) is 23.7 Å². The first kappa shape index (κ1) is 38.9. The molecule has 68 heavy (non-hydrogen) atoms. The van der Waals surface area contributed by atoms with Crippen LogP contribution in [0.5, 0.6) is 0 Å². The molecule has 10 heteroatoms. The fraction of sp³-hybridized carbons (Fsp3) is 0.0345. The van der Waals surface area contributed by atoms with E-state index in [0.717, 1.165) is 71.4 Å². The van der Waals surface area contributed by atoms with Crippen LogP contribution in [0.3, 0.4) is 0 Å². The number of alkyl halides is 3. The van der Waals surface area contributed by atoms with Gasteiger partial charge < -0.3 is 13.7 Å². The Morgan fingerprint density at radius 2 is 1.10 bits per heavy atom. The van der Waals surface area contributed by atoms with Crippen LogP contribution in [0, 0.1) is 22.7 Å². The van der Waals surface area contributed by atoms with Gasteiger partial charge in [0.2, 0.25) is 0 Å². The van der Waals surface area contributed by atoms with Crippen LogP contribution < -0.4 is 0 Å². The van der Waals surface area contributed by atoms with Crippen molar-refractivity contribution in [3.8, 4) is 29.2 Å². The first-order valence-corrected chi connectivity index (χ1v) is 23.7. The third kappa shape index (κ3) is 5.38. The molecule has 0 N–H and O–H groups in total. The van der Waals surface area contributed by atoms with Crippen LogP contribution >= 0.6 is 23.1 Å². The van der Waals surface area contributed by atoms with E-state index >= 15 is 0 Å². The van der Waals surface area contributed by atoms with Gasteiger partial charge in [-0.2, -0.15) is 23.7 Å². The molecule has 0 atom stereocenters. The number of fused-ring (bicyclic) bond motifs is 16. The second-order valence-corrected chi connectivity index (χ2v) is 19.6. The highest BCUT2D eigenvalue weighted by atomic mass is 32.2. The number of hydrogen-bond acceptors (Lipinski definition) is 4. The highest BCUT2D eigenvalue weighted by molar-refractivity contribution is 8.03. The van der Waals surface area contributed by atoms with E-state index < -0.39 is 11.7 Å². The van der Waals surface area contributed by atoms with E-state index in [1.54, 1.807) is 35.2 Å². The lowest BCUT2D eigenvalue weighted by Gasteiger charge is -2.22. The van der Waals surface area contributed by atoms with E-state index in [2.05, 4.69) is 112 Å². The highest BCUT2D eigenvalue weighted by Crippen LogP contribution is 2.51. The zero-order valence-corrected chi connectivity index (χ0v) is 37.2. The molecule has 5 nitrogen and oxygen atoms in total. The van der Waals surface area contributed by atoms with Crippen molar-refractivity contribution in [3.63, 3.8) is 0 Å². The van der Waals surface area contributed by atoms with Gasteiger partial charge in [-0.05, 0) is 94.9 Å². The summed E-state index contributed by atoms with van der Waals surface area (Å²) < 4.78 is 51.8. The molecule has 1 aliphatic carbocycles. The van der Waals surface area contributed by atoms with Gasteiger partial charge in [-0.1, -0.05) is 103 Å². The van der Waals surface area contributed by atoms with Crippen LogP contribution in [0.25, 0.3) is 109 Å². The summed E-state index contributed by atoms with van der Waals surface area (Å²) in [5.41, 5.74) is 8.91. The van der Waals surface area contributed by atoms with Crippen molar-refractivity contribution in [2.45, 2.75) is 17.5 Å². The standard InChI is InChI=1S/C58H30F3N5S2/c59-58(60,61)33-21-22-49-41(25-33)37-13-3-8-18-48(37)66(49)57-44(30-62)51(64-46-16-6-1-12-36(46)40-24-32-23-34(26-50(40)64)67-54-19-9-4-11-35(32)54)28-52(45(57)31-63)65-47-17-7-2-14-38(47)42-27-43-39-15-5-10-20-55(39)68-56(43)29-53(42)65/h1-22,24-29H,23H2. The second-order valence-electron chi connectivity index (χ2n) is 17.3. The summed E-state index contributed by atoms with van der Waals surface area (Å²) >= 11 is 3.46. The number of rotatable bonds is 3. The first-order valence-electron chi connectivity index (χ1n) is 22.1. The van der Waals surface area contributed by atoms with Crippen molar-refractivity contribution in [3.05, 3.63) is 196 Å². The number of benzene rings is 8. The summed E-state index contributed by atoms with van der Waals surface area (Å²) in [6.45, 7) is 0. The van der Waals surface area contributed by atoms with Crippen molar-refractivity contribution >= 4 is 116 Å². The normalized spacial score (nSPS) is 13.5. The lowest BCUT2D eigenvalue weighted by Crippen LogP contribution is -2.12. The number of allylic oxidation sites excluding steroid dienone is 2. The number of nitriles is 2. The van der Waals surface area contributed by atoms with Crippen molar-refractivity contribution in [2.75, 3.05) is 0 Å². The van der Waals surface area contributed by atoms with Crippen molar-refractivity contribution < 1.29 is 13.2 Å². The van der Waals surface area contributed by atoms with Gasteiger partial charge in [0.15, 0.2) is 0 Å². The van der Waals surface area contributed by atoms with Gasteiger partial charge in [0, 0.05) is 64.0 Å². The molecule has 2 bridgehead atoms. The average molecular weight is 918 g/mol. The molecule has 14 rings (SSSR count). The van der Waals surface area contributed by atoms with Crippen LogP contribution in [0.1, 0.15) is 39.9 Å². The molecule has 2 aliphatic rings. The number of para-hydroxylation sites is 3. The molecule has 0 fully saturated rings. The third-order valence-corrected chi connectivity index (χ3v) is 16.0. The molecule has 8 aromatic carbocycles. The quantitative estimate of drug-likeness (QED) is 0.177. The van der Waals surface area contributed by atoms with Crippen LogP contribution in [-0.2, 0) is 6.18 Å². The number of thioether (sulfide) groups is 1. The summed E-state index contributed by atoms with van der Waals surface area (Å²) in [4.78, 5) is 2.33. The molecule has 0 saturated carbocycles. The molecule has 4 aromatic heterocycles. The van der Waals surface area contributed by atoms with Crippen molar-refractivity contribution in [1.29, 1.82) is 10.5 Å². The Morgan fingerprint density at radius 1 is 0.500 bits per heavy atom. The predicted molar refractivity (Wildman–Crippen MR) is 272 cm³/mol. The van der Waals surface area contributed by atoms with Gasteiger partial charge in [0.25, 0.3) is 0 Å².